The summed E-state index contributed by atoms with van der Waals surface area (Å²) in [6, 6.07) is 0.555. The van der Waals surface area contributed by atoms with Gasteiger partial charge in [-0.3, -0.25) is 9.89 Å². The highest BCUT2D eigenvalue weighted by Crippen LogP contribution is 2.19. The topological polar surface area (TPSA) is 78.4 Å². The maximum absolute atomic E-state index is 12.4. The third kappa shape index (κ3) is 8.03. The Morgan fingerprint density at radius 3 is 2.33 bits per heavy atom. The fraction of sp³-hybridized carbons (Fsp3) is 0.905. The summed E-state index contributed by atoms with van der Waals surface area (Å²) < 4.78 is 11.0. The molecule has 2 aliphatic heterocycles. The van der Waals surface area contributed by atoms with Gasteiger partial charge in [-0.1, -0.05) is 13.8 Å². The first kappa shape index (κ1) is 27.2. The predicted octanol–water partition coefficient (Wildman–Crippen LogP) is 2.67. The number of amides is 1. The lowest BCUT2D eigenvalue weighted by molar-refractivity contribution is 0.0194. The molecule has 8 nitrogen and oxygen atoms in total. The Kier molecular flexibility index (Phi) is 11.1. The molecule has 30 heavy (non-hydrogen) atoms. The molecule has 0 bridgehead atoms. The minimum atomic E-state index is -0.509. The molecule has 0 saturated carbocycles. The van der Waals surface area contributed by atoms with E-state index in [1.165, 1.54) is 0 Å². The number of nitrogens with zero attached hydrogens (tertiary/aromatic N) is 3. The van der Waals surface area contributed by atoms with Gasteiger partial charge in [-0.05, 0) is 40.0 Å². The Bertz CT molecular complexity index is 557. The Labute approximate surface area is 199 Å². The molecule has 2 fully saturated rings. The Morgan fingerprint density at radius 1 is 1.17 bits per heavy atom. The van der Waals surface area contributed by atoms with Crippen LogP contribution in [0.5, 0.6) is 0 Å². The second kappa shape index (κ2) is 12.3. The maximum atomic E-state index is 12.4. The van der Waals surface area contributed by atoms with Crippen molar-refractivity contribution in [2.24, 2.45) is 4.99 Å². The number of rotatable bonds is 6. The van der Waals surface area contributed by atoms with Crippen LogP contribution in [-0.2, 0) is 9.47 Å². The smallest absolute Gasteiger partial charge is 0.408 e. The van der Waals surface area contributed by atoms with Gasteiger partial charge in [0.15, 0.2) is 5.96 Å². The molecule has 1 atom stereocenters. The molecule has 0 aliphatic carbocycles. The number of alkyl carbamates (subject to hydrolysis) is 1. The van der Waals surface area contributed by atoms with Crippen molar-refractivity contribution in [2.45, 2.75) is 71.1 Å². The number of morpholine rings is 1. The number of nitrogens with one attached hydrogen (secondary N) is 2. The number of halogens is 1. The van der Waals surface area contributed by atoms with Crippen LogP contribution in [0.3, 0.4) is 0 Å². The first-order valence-corrected chi connectivity index (χ1v) is 11.0. The van der Waals surface area contributed by atoms with E-state index in [0.29, 0.717) is 12.6 Å². The van der Waals surface area contributed by atoms with Crippen LogP contribution in [0.4, 0.5) is 4.79 Å². The lowest BCUT2D eigenvalue weighted by Gasteiger charge is -2.35. The number of ether oxygens (including phenoxy) is 2. The first-order chi connectivity index (χ1) is 13.7. The highest BCUT2D eigenvalue weighted by molar-refractivity contribution is 14.0. The lowest BCUT2D eigenvalue weighted by Crippen LogP contribution is -2.57. The van der Waals surface area contributed by atoms with E-state index < -0.39 is 5.60 Å². The van der Waals surface area contributed by atoms with E-state index in [1.807, 2.05) is 27.8 Å². The van der Waals surface area contributed by atoms with E-state index in [2.05, 4.69) is 39.3 Å². The second-order valence-electron chi connectivity index (χ2n) is 9.05. The monoisotopic (exact) mass is 539 g/mol. The number of guanidine groups is 1. The molecule has 2 aliphatic rings. The molecule has 0 radical (unpaired) electrons. The van der Waals surface area contributed by atoms with E-state index in [9.17, 15) is 4.79 Å². The van der Waals surface area contributed by atoms with Gasteiger partial charge in [0.1, 0.15) is 5.60 Å². The van der Waals surface area contributed by atoms with Crippen LogP contribution in [0, 0.1) is 0 Å². The van der Waals surface area contributed by atoms with Crippen molar-refractivity contribution in [3.05, 3.63) is 0 Å². The third-order valence-corrected chi connectivity index (χ3v) is 5.94. The van der Waals surface area contributed by atoms with E-state index in [1.54, 1.807) is 0 Å². The summed E-state index contributed by atoms with van der Waals surface area (Å²) in [4.78, 5) is 21.7. The van der Waals surface area contributed by atoms with E-state index in [4.69, 9.17) is 9.47 Å². The van der Waals surface area contributed by atoms with E-state index >= 15 is 0 Å². The van der Waals surface area contributed by atoms with Gasteiger partial charge in [-0.15, -0.1) is 24.0 Å². The van der Waals surface area contributed by atoms with Gasteiger partial charge in [0.2, 0.25) is 0 Å². The SMILES string of the molecule is CCC(CC)(CNC(=NC)N1CCC(N2CCOCC2)C1)NC(=O)OC(C)(C)C.I. The minimum Gasteiger partial charge on any atom is -0.444 e. The summed E-state index contributed by atoms with van der Waals surface area (Å²) >= 11 is 0. The molecule has 1 amide bonds. The van der Waals surface area contributed by atoms with Gasteiger partial charge >= 0.3 is 6.09 Å². The molecule has 0 aromatic rings. The number of hydrogen-bond acceptors (Lipinski definition) is 5. The summed E-state index contributed by atoms with van der Waals surface area (Å²) in [6.07, 6.45) is 2.39. The Morgan fingerprint density at radius 2 is 1.80 bits per heavy atom. The summed E-state index contributed by atoms with van der Waals surface area (Å²) in [6.45, 7) is 16.1. The summed E-state index contributed by atoms with van der Waals surface area (Å²) in [5, 5.41) is 6.61. The van der Waals surface area contributed by atoms with Crippen molar-refractivity contribution < 1.29 is 14.3 Å². The van der Waals surface area contributed by atoms with Crippen LogP contribution in [0.2, 0.25) is 0 Å². The molecule has 176 valence electrons. The van der Waals surface area contributed by atoms with Crippen LogP contribution >= 0.6 is 24.0 Å². The molecule has 0 aromatic carbocycles. The zero-order chi connectivity index (χ0) is 21.5. The number of likely N-dealkylation sites (tertiary alicyclic amines) is 1. The maximum Gasteiger partial charge on any atom is 0.408 e. The van der Waals surface area contributed by atoms with Crippen molar-refractivity contribution in [3.63, 3.8) is 0 Å². The van der Waals surface area contributed by atoms with Crippen LogP contribution in [-0.4, -0.2) is 92.0 Å². The van der Waals surface area contributed by atoms with Crippen molar-refractivity contribution in [3.8, 4) is 0 Å². The molecular formula is C21H42IN5O3. The van der Waals surface area contributed by atoms with Crippen molar-refractivity contribution in [1.82, 2.24) is 20.4 Å². The molecule has 0 aromatic heterocycles. The normalized spacial score (nSPS) is 21.2. The molecule has 2 N–H and O–H groups in total. The van der Waals surface area contributed by atoms with Crippen LogP contribution in [0.25, 0.3) is 0 Å². The molecule has 2 saturated heterocycles. The highest BCUT2D eigenvalue weighted by Gasteiger charge is 2.33. The number of carbonyl (C=O) groups excluding carboxylic acids is 1. The zero-order valence-electron chi connectivity index (χ0n) is 19.6. The Hall–Kier alpha value is -0.810. The van der Waals surface area contributed by atoms with Gasteiger partial charge in [-0.2, -0.15) is 0 Å². The fourth-order valence-corrected chi connectivity index (χ4v) is 4.00. The highest BCUT2D eigenvalue weighted by atomic mass is 127. The van der Waals surface area contributed by atoms with Crippen molar-refractivity contribution >= 4 is 36.0 Å². The van der Waals surface area contributed by atoms with Crippen molar-refractivity contribution in [2.75, 3.05) is 53.0 Å². The molecule has 9 heteroatoms. The number of carbonyl (C=O) groups is 1. The Balaban J connectivity index is 0.00000450. The first-order valence-electron chi connectivity index (χ1n) is 11.0. The quantitative estimate of drug-likeness (QED) is 0.307. The van der Waals surface area contributed by atoms with Gasteiger partial charge in [0.05, 0.1) is 18.8 Å². The van der Waals surface area contributed by atoms with Crippen molar-refractivity contribution in [1.29, 1.82) is 0 Å². The zero-order valence-corrected chi connectivity index (χ0v) is 22.0. The summed E-state index contributed by atoms with van der Waals surface area (Å²) in [5.41, 5.74) is -0.883. The minimum absolute atomic E-state index is 0. The third-order valence-electron chi connectivity index (χ3n) is 5.94. The van der Waals surface area contributed by atoms with Crippen LogP contribution < -0.4 is 10.6 Å². The van der Waals surface area contributed by atoms with Gasteiger partial charge in [-0.25, -0.2) is 4.79 Å². The van der Waals surface area contributed by atoms with Gasteiger partial charge < -0.3 is 25.0 Å². The molecule has 2 heterocycles. The van der Waals surface area contributed by atoms with Gasteiger partial charge in [0.25, 0.3) is 0 Å². The van der Waals surface area contributed by atoms with E-state index in [0.717, 1.165) is 64.6 Å². The predicted molar refractivity (Wildman–Crippen MR) is 132 cm³/mol. The number of aliphatic imine (C=N–C) groups is 1. The van der Waals surface area contributed by atoms with E-state index in [-0.39, 0.29) is 35.6 Å². The average Bonchev–Trinajstić information content (AvgIpc) is 3.17. The number of hydrogen-bond donors (Lipinski definition) is 2. The lowest BCUT2D eigenvalue weighted by atomic mass is 9.93. The fourth-order valence-electron chi connectivity index (χ4n) is 4.00. The molecule has 0 spiro atoms. The largest absolute Gasteiger partial charge is 0.444 e. The molecule has 1 unspecified atom stereocenters. The summed E-state index contributed by atoms with van der Waals surface area (Å²) in [7, 11) is 1.82. The van der Waals surface area contributed by atoms with Gasteiger partial charge in [0, 0.05) is 45.8 Å². The summed E-state index contributed by atoms with van der Waals surface area (Å²) in [5.74, 6) is 0.901. The molecular weight excluding hydrogens is 497 g/mol. The second-order valence-corrected chi connectivity index (χ2v) is 9.05. The van der Waals surface area contributed by atoms with Crippen LogP contribution in [0.1, 0.15) is 53.9 Å². The van der Waals surface area contributed by atoms with Crippen LogP contribution in [0.15, 0.2) is 4.99 Å². The average molecular weight is 540 g/mol. The molecule has 2 rings (SSSR count). The standard InChI is InChI=1S/C21H41N5O3.HI/c1-7-21(8-2,24-19(27)29-20(3,4)5)16-23-18(22-6)26-10-9-17(15-26)25-11-13-28-14-12-25;/h17H,7-16H2,1-6H3,(H,22,23)(H,24,27);1H.